The molecule has 0 radical (unpaired) electrons. The lowest BCUT2D eigenvalue weighted by atomic mass is 9.97. The minimum atomic E-state index is -4.61. The van der Waals surface area contributed by atoms with Crippen LogP contribution in [-0.4, -0.2) is 24.5 Å². The summed E-state index contributed by atoms with van der Waals surface area (Å²) in [6.07, 6.45) is -2.41. The van der Waals surface area contributed by atoms with Gasteiger partial charge in [-0.2, -0.15) is 13.2 Å². The number of nitrogens with two attached hydrogens (primary N) is 1. The fraction of sp³-hybridized carbons (Fsp3) is 0.158. The van der Waals surface area contributed by atoms with Gasteiger partial charge in [0.1, 0.15) is 0 Å². The van der Waals surface area contributed by atoms with Crippen molar-refractivity contribution in [2.45, 2.75) is 12.1 Å². The zero-order valence-electron chi connectivity index (χ0n) is 14.9. The van der Waals surface area contributed by atoms with Crippen molar-refractivity contribution in [2.75, 3.05) is 6.54 Å². The minimum Gasteiger partial charge on any atom is -0.368 e. The molecule has 0 bridgehead atoms. The van der Waals surface area contributed by atoms with Gasteiger partial charge in [0.2, 0.25) is 5.91 Å². The first-order valence-electron chi connectivity index (χ1n) is 8.15. The number of halogens is 7. The molecule has 11 heteroatoms. The second-order valence-corrected chi connectivity index (χ2v) is 8.11. The van der Waals surface area contributed by atoms with E-state index in [0.29, 0.717) is 10.0 Å². The Bertz CT molecular complexity index is 990. The smallest absolute Gasteiger partial charge is 0.368 e. The molecule has 0 saturated carbocycles. The van der Waals surface area contributed by atoms with E-state index in [1.807, 2.05) is 0 Å². The Morgan fingerprint density at radius 2 is 1.73 bits per heavy atom. The van der Waals surface area contributed by atoms with Crippen LogP contribution in [0.3, 0.4) is 0 Å². The zero-order valence-corrected chi connectivity index (χ0v) is 18.7. The topological polar surface area (TPSA) is 72.2 Å². The largest absolute Gasteiger partial charge is 0.399 e. The molecule has 2 amide bonds. The van der Waals surface area contributed by atoms with Crippen LogP contribution in [0.2, 0.25) is 15.1 Å². The maximum atomic E-state index is 13.6. The summed E-state index contributed by atoms with van der Waals surface area (Å²) >= 11 is 20.7. The molecule has 2 aromatic carbocycles. The summed E-state index contributed by atoms with van der Waals surface area (Å²) in [5.41, 5.74) is 5.39. The molecule has 30 heavy (non-hydrogen) atoms. The molecular formula is C19H13BrCl3F3N2O2. The molecule has 2 aromatic rings. The zero-order chi connectivity index (χ0) is 22.6. The summed E-state index contributed by atoms with van der Waals surface area (Å²) in [5, 5.41) is 2.12. The van der Waals surface area contributed by atoms with Gasteiger partial charge in [-0.1, -0.05) is 53.0 Å². The molecule has 3 N–H and O–H groups in total. The summed E-state index contributed by atoms with van der Waals surface area (Å²) in [5.74, 6) is -3.25. The maximum Gasteiger partial charge on any atom is 0.399 e. The van der Waals surface area contributed by atoms with Crippen LogP contribution in [0.25, 0.3) is 6.08 Å². The second kappa shape index (κ2) is 10.0. The molecule has 0 fully saturated rings. The maximum absolute atomic E-state index is 13.6. The van der Waals surface area contributed by atoms with E-state index in [1.54, 1.807) is 0 Å². The Balaban J connectivity index is 2.31. The lowest BCUT2D eigenvalue weighted by Gasteiger charge is -2.18. The average Bonchev–Trinajstić information content (AvgIpc) is 2.63. The monoisotopic (exact) mass is 542 g/mol. The highest BCUT2D eigenvalue weighted by molar-refractivity contribution is 9.10. The lowest BCUT2D eigenvalue weighted by molar-refractivity contribution is -0.139. The molecule has 1 unspecified atom stereocenters. The number of hydrogen-bond donors (Lipinski definition) is 2. The van der Waals surface area contributed by atoms with Gasteiger partial charge in [-0.3, -0.25) is 9.59 Å². The Labute approximate surface area is 193 Å². The van der Waals surface area contributed by atoms with Crippen molar-refractivity contribution in [1.82, 2.24) is 5.32 Å². The van der Waals surface area contributed by atoms with Crippen LogP contribution in [0.15, 0.2) is 40.9 Å². The molecular weight excluding hydrogens is 531 g/mol. The quantitative estimate of drug-likeness (QED) is 0.439. The number of carbonyl (C=O) groups is 2. The minimum absolute atomic E-state index is 0.0267. The van der Waals surface area contributed by atoms with E-state index >= 15 is 0 Å². The first-order valence-corrected chi connectivity index (χ1v) is 10.1. The molecule has 1 atom stereocenters. The van der Waals surface area contributed by atoms with Crippen molar-refractivity contribution in [3.05, 3.63) is 72.6 Å². The molecule has 0 aromatic heterocycles. The Hall–Kier alpha value is -1.74. The van der Waals surface area contributed by atoms with Crippen molar-refractivity contribution in [3.8, 4) is 0 Å². The predicted molar refractivity (Wildman–Crippen MR) is 115 cm³/mol. The van der Waals surface area contributed by atoms with Gasteiger partial charge in [0.15, 0.2) is 0 Å². The van der Waals surface area contributed by atoms with Gasteiger partial charge in [-0.25, -0.2) is 0 Å². The van der Waals surface area contributed by atoms with E-state index < -0.39 is 23.9 Å². The molecule has 0 aliphatic rings. The molecule has 4 nitrogen and oxygen atoms in total. The average molecular weight is 545 g/mol. The summed E-state index contributed by atoms with van der Waals surface area (Å²) in [7, 11) is 0. The van der Waals surface area contributed by atoms with Crippen LogP contribution in [0, 0.1) is 0 Å². The van der Waals surface area contributed by atoms with Gasteiger partial charge >= 0.3 is 6.18 Å². The number of carbonyl (C=O) groups excluding carboxylic acids is 2. The van der Waals surface area contributed by atoms with E-state index in [0.717, 1.165) is 18.2 Å². The van der Waals surface area contributed by atoms with Crippen molar-refractivity contribution >= 4 is 68.6 Å². The summed E-state index contributed by atoms with van der Waals surface area (Å²) < 4.78 is 41.1. The van der Waals surface area contributed by atoms with Crippen LogP contribution in [0.5, 0.6) is 0 Å². The number of allylic oxidation sites excluding steroid dienone is 1. The van der Waals surface area contributed by atoms with Crippen LogP contribution in [0.4, 0.5) is 13.2 Å². The van der Waals surface area contributed by atoms with Gasteiger partial charge in [0.25, 0.3) is 5.91 Å². The third kappa shape index (κ3) is 6.38. The van der Waals surface area contributed by atoms with E-state index in [-0.39, 0.29) is 32.7 Å². The third-order valence-corrected chi connectivity index (χ3v) is 5.71. The number of rotatable bonds is 6. The van der Waals surface area contributed by atoms with E-state index in [2.05, 4.69) is 21.2 Å². The first-order chi connectivity index (χ1) is 13.9. The number of hydrogen-bond acceptors (Lipinski definition) is 2. The Morgan fingerprint density at radius 1 is 1.13 bits per heavy atom. The molecule has 0 saturated heterocycles. The number of benzene rings is 2. The summed E-state index contributed by atoms with van der Waals surface area (Å²) in [4.78, 5) is 22.8. The van der Waals surface area contributed by atoms with Crippen LogP contribution in [-0.2, 0) is 4.79 Å². The van der Waals surface area contributed by atoms with Gasteiger partial charge in [-0.15, -0.1) is 0 Å². The number of primary amides is 1. The normalized spacial score (nSPS) is 12.8. The highest BCUT2D eigenvalue weighted by atomic mass is 79.9. The van der Waals surface area contributed by atoms with E-state index in [9.17, 15) is 22.8 Å². The van der Waals surface area contributed by atoms with Crippen LogP contribution >= 0.6 is 50.7 Å². The second-order valence-electron chi connectivity index (χ2n) is 6.07. The SMILES string of the molecule is NC(=O)CNC(=O)c1ccc(/C=C/C(c2cc(Cl)c(Cl)c(Cl)c2)C(F)(F)F)cc1Br. The predicted octanol–water partition coefficient (Wildman–Crippen LogP) is 5.98. The molecule has 0 spiro atoms. The van der Waals surface area contributed by atoms with Gasteiger partial charge in [0.05, 0.1) is 33.1 Å². The highest BCUT2D eigenvalue weighted by Crippen LogP contribution is 2.41. The van der Waals surface area contributed by atoms with E-state index in [4.69, 9.17) is 40.5 Å². The van der Waals surface area contributed by atoms with E-state index in [1.165, 1.54) is 24.3 Å². The molecule has 0 heterocycles. The first kappa shape index (κ1) is 24.5. The Kier molecular flexibility index (Phi) is 8.21. The van der Waals surface area contributed by atoms with Crippen molar-refractivity contribution < 1.29 is 22.8 Å². The van der Waals surface area contributed by atoms with Gasteiger partial charge < -0.3 is 11.1 Å². The number of alkyl halides is 3. The summed E-state index contributed by atoms with van der Waals surface area (Å²) in [6.45, 7) is -0.341. The van der Waals surface area contributed by atoms with Crippen molar-refractivity contribution in [2.24, 2.45) is 5.73 Å². The van der Waals surface area contributed by atoms with Crippen molar-refractivity contribution in [1.29, 1.82) is 0 Å². The fourth-order valence-corrected chi connectivity index (χ4v) is 3.64. The highest BCUT2D eigenvalue weighted by Gasteiger charge is 2.39. The Morgan fingerprint density at radius 3 is 2.23 bits per heavy atom. The lowest BCUT2D eigenvalue weighted by Crippen LogP contribution is -2.33. The molecule has 160 valence electrons. The molecule has 0 aliphatic heterocycles. The fourth-order valence-electron chi connectivity index (χ4n) is 2.45. The standard InChI is InChI=1S/C19H13BrCl3F3N2O2/c20-13-5-9(1-3-11(13)18(30)28-8-16(27)29)2-4-12(19(24,25)26)10-6-14(21)17(23)15(22)7-10/h1-7,12H,8H2,(H2,27,29)(H,28,30)/b4-2+. The third-order valence-electron chi connectivity index (χ3n) is 3.86. The molecule has 2 rings (SSSR count). The number of nitrogens with one attached hydrogen (secondary N) is 1. The van der Waals surface area contributed by atoms with Crippen LogP contribution < -0.4 is 11.1 Å². The van der Waals surface area contributed by atoms with Gasteiger partial charge in [0, 0.05) is 4.47 Å². The summed E-state index contributed by atoms with van der Waals surface area (Å²) in [6, 6.07) is 6.54. The van der Waals surface area contributed by atoms with Crippen LogP contribution in [0.1, 0.15) is 27.4 Å². The van der Waals surface area contributed by atoms with Gasteiger partial charge in [-0.05, 0) is 51.3 Å². The molecule has 0 aliphatic carbocycles. The number of amides is 2. The van der Waals surface area contributed by atoms with Crippen molar-refractivity contribution in [3.63, 3.8) is 0 Å².